The average Bonchev–Trinajstić information content (AvgIpc) is 2.35. The number of hydrogen-bond acceptors (Lipinski definition) is 7. The molecule has 0 atom stereocenters. The first kappa shape index (κ1) is 18.5. The Hall–Kier alpha value is -2.57. The average molecular weight is 358 g/mol. The summed E-state index contributed by atoms with van der Waals surface area (Å²) >= 11 is 0. The lowest BCUT2D eigenvalue weighted by Crippen LogP contribution is -2.32. The second-order valence-corrected chi connectivity index (χ2v) is 5.61. The summed E-state index contributed by atoms with van der Waals surface area (Å²) in [4.78, 5) is 26.2. The molecule has 1 heterocycles. The zero-order valence-electron chi connectivity index (χ0n) is 11.2. The molecule has 0 fully saturated rings. The first-order valence-electron chi connectivity index (χ1n) is 5.52. The third kappa shape index (κ3) is 4.45. The Bertz CT molecular complexity index is 732. The Morgan fingerprint density at radius 3 is 2.39 bits per heavy atom. The second-order valence-electron chi connectivity index (χ2n) is 4.08. The van der Waals surface area contributed by atoms with Crippen LogP contribution in [0.4, 0.5) is 13.2 Å². The number of carboxylic acids is 1. The van der Waals surface area contributed by atoms with Crippen LogP contribution in [0.5, 0.6) is 11.5 Å². The molecule has 0 radical (unpaired) electrons. The van der Waals surface area contributed by atoms with Crippen LogP contribution in [0.25, 0.3) is 0 Å². The molecule has 23 heavy (non-hydrogen) atoms. The fourth-order valence-electron chi connectivity index (χ4n) is 1.27. The summed E-state index contributed by atoms with van der Waals surface area (Å²) in [5.41, 5.74) is -6.37. The number of alkyl halides is 3. The number of nitrogens with zero attached hydrogens (tertiary/aromatic N) is 2. The van der Waals surface area contributed by atoms with Crippen molar-refractivity contribution in [1.82, 2.24) is 9.88 Å². The number of aromatic hydroxyl groups is 1. The van der Waals surface area contributed by atoms with E-state index >= 15 is 0 Å². The SMILES string of the molecule is CN(CC(=O)O)C(=O)c1ncc(OS(=O)(=O)C(F)(F)F)cc1O. The van der Waals surface area contributed by atoms with Crippen LogP contribution in [0.15, 0.2) is 12.3 Å². The van der Waals surface area contributed by atoms with Crippen LogP contribution in [0.2, 0.25) is 0 Å². The number of aliphatic carboxylic acids is 1. The van der Waals surface area contributed by atoms with Gasteiger partial charge in [0.2, 0.25) is 0 Å². The van der Waals surface area contributed by atoms with Gasteiger partial charge in [0.25, 0.3) is 5.91 Å². The molecule has 0 aliphatic heterocycles. The van der Waals surface area contributed by atoms with Crippen LogP contribution in [-0.4, -0.2) is 59.5 Å². The van der Waals surface area contributed by atoms with Gasteiger partial charge < -0.3 is 19.3 Å². The number of hydrogen-bond donors (Lipinski definition) is 2. The molecular weight excluding hydrogens is 349 g/mol. The summed E-state index contributed by atoms with van der Waals surface area (Å²) in [6.45, 7) is -0.722. The minimum absolute atomic E-state index is 0.429. The number of carboxylic acid groups (broad SMARTS) is 1. The molecule has 1 rings (SSSR count). The number of carbonyl (C=O) groups is 2. The Balaban J connectivity index is 3.04. The van der Waals surface area contributed by atoms with Gasteiger partial charge in [0.05, 0.1) is 6.20 Å². The fraction of sp³-hybridized carbons (Fsp3) is 0.300. The van der Waals surface area contributed by atoms with Gasteiger partial charge in [-0.3, -0.25) is 9.59 Å². The summed E-state index contributed by atoms with van der Waals surface area (Å²) < 4.78 is 61.7. The standard InChI is InChI=1S/C10H9F3N2O7S/c1-15(4-7(17)18)9(19)8-6(16)2-5(3-14-8)22-23(20,21)10(11,12)13/h2-3,16H,4H2,1H3,(H,17,18). The highest BCUT2D eigenvalue weighted by Crippen LogP contribution is 2.29. The zero-order chi connectivity index (χ0) is 18.0. The summed E-state index contributed by atoms with van der Waals surface area (Å²) in [6, 6.07) is 0.429. The first-order valence-corrected chi connectivity index (χ1v) is 6.93. The Morgan fingerprint density at radius 2 is 1.96 bits per heavy atom. The van der Waals surface area contributed by atoms with Crippen LogP contribution in [-0.2, 0) is 14.9 Å². The number of pyridine rings is 1. The molecule has 0 unspecified atom stereocenters. The summed E-state index contributed by atoms with van der Waals surface area (Å²) in [6.07, 6.45) is 0.463. The molecule has 0 bridgehead atoms. The van der Waals surface area contributed by atoms with Crippen molar-refractivity contribution in [3.05, 3.63) is 18.0 Å². The van der Waals surface area contributed by atoms with E-state index < -0.39 is 51.2 Å². The quantitative estimate of drug-likeness (QED) is 0.562. The Kier molecular flexibility index (Phi) is 5.04. The number of likely N-dealkylation sites (N-methyl/N-ethyl adjacent to an activating group) is 1. The Labute approximate surface area is 127 Å². The molecule has 128 valence electrons. The highest BCUT2D eigenvalue weighted by molar-refractivity contribution is 7.88. The highest BCUT2D eigenvalue weighted by atomic mass is 32.2. The lowest BCUT2D eigenvalue weighted by molar-refractivity contribution is -0.137. The largest absolute Gasteiger partial charge is 0.534 e. The maximum absolute atomic E-state index is 12.1. The number of amides is 1. The van der Waals surface area contributed by atoms with E-state index in [-0.39, 0.29) is 0 Å². The lowest BCUT2D eigenvalue weighted by atomic mass is 10.3. The molecule has 0 saturated carbocycles. The maximum Gasteiger partial charge on any atom is 0.534 e. The van der Waals surface area contributed by atoms with E-state index in [9.17, 15) is 36.3 Å². The number of aromatic nitrogens is 1. The summed E-state index contributed by atoms with van der Waals surface area (Å²) in [5, 5.41) is 18.1. The topological polar surface area (TPSA) is 134 Å². The van der Waals surface area contributed by atoms with Crippen molar-refractivity contribution in [2.24, 2.45) is 0 Å². The molecule has 1 aromatic heterocycles. The predicted molar refractivity (Wildman–Crippen MR) is 66.1 cm³/mol. The van der Waals surface area contributed by atoms with Crippen molar-refractivity contribution in [3.63, 3.8) is 0 Å². The summed E-state index contributed by atoms with van der Waals surface area (Å²) in [5.74, 6) is -4.36. The van der Waals surface area contributed by atoms with E-state index in [0.29, 0.717) is 17.2 Å². The van der Waals surface area contributed by atoms with E-state index in [4.69, 9.17) is 5.11 Å². The minimum atomic E-state index is -5.96. The van der Waals surface area contributed by atoms with Gasteiger partial charge in [-0.05, 0) is 0 Å². The van der Waals surface area contributed by atoms with Crippen molar-refractivity contribution in [1.29, 1.82) is 0 Å². The molecular formula is C10H9F3N2O7S. The monoisotopic (exact) mass is 358 g/mol. The van der Waals surface area contributed by atoms with E-state index in [1.165, 1.54) is 0 Å². The van der Waals surface area contributed by atoms with Crippen molar-refractivity contribution in [3.8, 4) is 11.5 Å². The number of halogens is 3. The first-order chi connectivity index (χ1) is 10.3. The molecule has 1 amide bonds. The molecule has 9 nitrogen and oxygen atoms in total. The zero-order valence-corrected chi connectivity index (χ0v) is 12.1. The minimum Gasteiger partial charge on any atom is -0.505 e. The van der Waals surface area contributed by atoms with Crippen LogP contribution in [0.1, 0.15) is 10.5 Å². The van der Waals surface area contributed by atoms with Gasteiger partial charge in [0.1, 0.15) is 6.54 Å². The molecule has 0 spiro atoms. The predicted octanol–water partition coefficient (Wildman–Crippen LogP) is 0.172. The van der Waals surface area contributed by atoms with Crippen LogP contribution < -0.4 is 4.18 Å². The Morgan fingerprint density at radius 1 is 1.39 bits per heavy atom. The molecule has 13 heteroatoms. The van der Waals surface area contributed by atoms with E-state index in [0.717, 1.165) is 7.05 Å². The molecule has 0 aliphatic rings. The maximum atomic E-state index is 12.1. The third-order valence-electron chi connectivity index (χ3n) is 2.25. The number of rotatable bonds is 5. The molecule has 0 saturated heterocycles. The van der Waals surface area contributed by atoms with Gasteiger partial charge in [-0.1, -0.05) is 0 Å². The molecule has 2 N–H and O–H groups in total. The third-order valence-corrected chi connectivity index (χ3v) is 3.23. The van der Waals surface area contributed by atoms with Gasteiger partial charge in [-0.15, -0.1) is 0 Å². The smallest absolute Gasteiger partial charge is 0.505 e. The fourth-order valence-corrected chi connectivity index (χ4v) is 1.71. The van der Waals surface area contributed by atoms with Crippen LogP contribution in [0.3, 0.4) is 0 Å². The number of carbonyl (C=O) groups excluding carboxylic acids is 1. The van der Waals surface area contributed by atoms with Gasteiger partial charge >= 0.3 is 21.6 Å². The van der Waals surface area contributed by atoms with Crippen molar-refractivity contribution >= 4 is 22.0 Å². The van der Waals surface area contributed by atoms with Gasteiger partial charge in [-0.25, -0.2) is 4.98 Å². The van der Waals surface area contributed by atoms with Crippen LogP contribution in [0, 0.1) is 0 Å². The van der Waals surface area contributed by atoms with Crippen molar-refractivity contribution in [2.45, 2.75) is 5.51 Å². The van der Waals surface area contributed by atoms with E-state index in [1.807, 2.05) is 0 Å². The molecule has 0 aromatic carbocycles. The van der Waals surface area contributed by atoms with E-state index in [2.05, 4.69) is 9.17 Å². The second kappa shape index (κ2) is 6.28. The molecule has 0 aliphatic carbocycles. The van der Waals surface area contributed by atoms with Crippen LogP contribution >= 0.6 is 0 Å². The van der Waals surface area contributed by atoms with Crippen molar-refractivity contribution in [2.75, 3.05) is 13.6 Å². The molecule has 1 aromatic rings. The normalized spacial score (nSPS) is 11.8. The lowest BCUT2D eigenvalue weighted by Gasteiger charge is -2.15. The van der Waals surface area contributed by atoms with Gasteiger partial charge in [0, 0.05) is 13.1 Å². The van der Waals surface area contributed by atoms with Gasteiger partial charge in [-0.2, -0.15) is 21.6 Å². The van der Waals surface area contributed by atoms with Crippen molar-refractivity contribution < 1.29 is 45.6 Å². The summed E-state index contributed by atoms with van der Waals surface area (Å²) in [7, 11) is -4.88. The van der Waals surface area contributed by atoms with Gasteiger partial charge in [0.15, 0.2) is 17.2 Å². The van der Waals surface area contributed by atoms with E-state index in [1.54, 1.807) is 0 Å². The highest BCUT2D eigenvalue weighted by Gasteiger charge is 2.48.